The van der Waals surface area contributed by atoms with Crippen LogP contribution in [0, 0.1) is 17.2 Å². The smallest absolute Gasteiger partial charge is 0.323 e. The van der Waals surface area contributed by atoms with Gasteiger partial charge in [0, 0.05) is 45.1 Å². The number of esters is 1. The van der Waals surface area contributed by atoms with Crippen LogP contribution in [0.1, 0.15) is 82.3 Å². The molecule has 174 valence electrons. The van der Waals surface area contributed by atoms with E-state index in [2.05, 4.69) is 0 Å². The van der Waals surface area contributed by atoms with E-state index < -0.39 is 98.1 Å². The number of carbonyl (C=O) groups is 1. The Hall–Kier alpha value is -1.79. The summed E-state index contributed by atoms with van der Waals surface area (Å²) in [5.74, 6) is -6.65. The van der Waals surface area contributed by atoms with E-state index in [9.17, 15) is 6.17 Å². The van der Waals surface area contributed by atoms with Gasteiger partial charge in [-0.1, -0.05) is 34.5 Å². The standard InChI is InChI=1S/C25H40N2O4/c1-15(2)10-17-14-27-9-8-16-11-21(29-6)22(30-7)12-18(16)19(27)13-20(17)31-24(28)23(26)25(3,4)5/h11-12,15,17,19-20,23H,8-10,13-14,26H2,1-7H3/t17?,19?,20?,23-/m1/s1/i1D3,8D2,9D2,10D2,11D,12D,15D,20D/t15?,17?,19?,20?,23-. The number of hydrogen-bond acceptors (Lipinski definition) is 6. The molecule has 2 aliphatic heterocycles. The van der Waals surface area contributed by atoms with Crippen LogP contribution in [0.2, 0.25) is 0 Å². The van der Waals surface area contributed by atoms with Crippen LogP contribution in [0.25, 0.3) is 0 Å². The van der Waals surface area contributed by atoms with Gasteiger partial charge >= 0.3 is 5.97 Å². The molecule has 6 nitrogen and oxygen atoms in total. The van der Waals surface area contributed by atoms with Gasteiger partial charge in [0.05, 0.1) is 18.3 Å². The first-order chi connectivity index (χ1) is 19.6. The van der Waals surface area contributed by atoms with E-state index in [1.807, 2.05) is 0 Å². The zero-order valence-electron chi connectivity index (χ0n) is 31.8. The first kappa shape index (κ1) is 11.9. The number of hydrogen-bond donors (Lipinski definition) is 1. The summed E-state index contributed by atoms with van der Waals surface area (Å²) in [6.45, 7) is -1.51. The Bertz CT molecular complexity index is 1310. The van der Waals surface area contributed by atoms with Crippen LogP contribution < -0.4 is 15.2 Å². The van der Waals surface area contributed by atoms with Crippen molar-refractivity contribution in [2.45, 2.75) is 71.9 Å². The lowest BCUT2D eigenvalue weighted by atomic mass is 9.79. The summed E-state index contributed by atoms with van der Waals surface area (Å²) >= 11 is 0. The van der Waals surface area contributed by atoms with Gasteiger partial charge in [-0.15, -0.1) is 0 Å². The van der Waals surface area contributed by atoms with Crippen molar-refractivity contribution < 1.29 is 36.8 Å². The molecule has 0 saturated carbocycles. The first-order valence-corrected chi connectivity index (χ1v) is 10.1. The molecule has 1 fully saturated rings. The van der Waals surface area contributed by atoms with Crippen LogP contribution in [0.15, 0.2) is 12.1 Å². The molecule has 0 spiro atoms. The second-order valence-electron chi connectivity index (χ2n) is 8.77. The minimum Gasteiger partial charge on any atom is -0.493 e. The van der Waals surface area contributed by atoms with Gasteiger partial charge in [-0.2, -0.15) is 0 Å². The highest BCUT2D eigenvalue weighted by molar-refractivity contribution is 5.76. The number of fused-ring (bicyclic) bond motifs is 3. The molecule has 1 saturated heterocycles. The van der Waals surface area contributed by atoms with E-state index in [-0.39, 0.29) is 17.1 Å². The Morgan fingerprint density at radius 2 is 2.13 bits per heavy atom. The normalized spacial score (nSPS) is 39.4. The van der Waals surface area contributed by atoms with Gasteiger partial charge in [0.2, 0.25) is 0 Å². The molecule has 0 radical (unpaired) electrons. The maximum Gasteiger partial charge on any atom is 0.323 e. The highest BCUT2D eigenvalue weighted by Gasteiger charge is 2.42. The molecule has 4 unspecified atom stereocenters. The van der Waals surface area contributed by atoms with Crippen LogP contribution in [0.3, 0.4) is 0 Å². The molecule has 2 aliphatic rings. The summed E-state index contributed by atoms with van der Waals surface area (Å²) in [6.07, 6.45) is -9.68. The Balaban J connectivity index is 2.40. The molecule has 2 heterocycles. The summed E-state index contributed by atoms with van der Waals surface area (Å²) < 4.78 is 129. The molecule has 0 aromatic heterocycles. The molecule has 31 heavy (non-hydrogen) atoms. The van der Waals surface area contributed by atoms with Gasteiger partial charge in [-0.3, -0.25) is 9.69 Å². The largest absolute Gasteiger partial charge is 0.493 e. The molecule has 0 amide bonds. The van der Waals surface area contributed by atoms with Gasteiger partial charge in [-0.05, 0) is 47.3 Å². The highest BCUT2D eigenvalue weighted by atomic mass is 16.5. The van der Waals surface area contributed by atoms with Crippen LogP contribution in [-0.4, -0.2) is 50.3 Å². The number of nitrogens with zero attached hydrogens (tertiary/aromatic N) is 1. The fourth-order valence-electron chi connectivity index (χ4n) is 3.54. The molecule has 1 aromatic rings. The van der Waals surface area contributed by atoms with E-state index >= 15 is 0 Å². The summed E-state index contributed by atoms with van der Waals surface area (Å²) in [6, 6.07) is -3.88. The maximum absolute atomic E-state index is 13.3. The third-order valence-corrected chi connectivity index (χ3v) is 5.38. The van der Waals surface area contributed by atoms with E-state index in [4.69, 9.17) is 36.4 Å². The number of methoxy groups -OCH3 is 2. The average molecular weight is 446 g/mol. The highest BCUT2D eigenvalue weighted by Crippen LogP contribution is 2.44. The third-order valence-electron chi connectivity index (χ3n) is 5.38. The second-order valence-corrected chi connectivity index (χ2v) is 8.77. The van der Waals surface area contributed by atoms with Crippen molar-refractivity contribution in [3.8, 4) is 11.5 Å². The number of carbonyl (C=O) groups excluding carboxylic acids is 1. The van der Waals surface area contributed by atoms with Gasteiger partial charge in [0.15, 0.2) is 11.5 Å². The predicted molar refractivity (Wildman–Crippen MR) is 122 cm³/mol. The number of benzene rings is 1. The monoisotopic (exact) mass is 445 g/mol. The first-order valence-electron chi connectivity index (χ1n) is 16.6. The molecular formula is C25H40N2O4. The van der Waals surface area contributed by atoms with Crippen molar-refractivity contribution in [3.05, 3.63) is 23.2 Å². The lowest BCUT2D eigenvalue weighted by Gasteiger charge is -2.47. The lowest BCUT2D eigenvalue weighted by molar-refractivity contribution is -0.161. The minimum atomic E-state index is -3.25. The molecule has 2 N–H and O–H groups in total. The Morgan fingerprint density at radius 1 is 1.45 bits per heavy atom. The Kier molecular flexibility index (Phi) is 3.60. The Labute approximate surface area is 205 Å². The second kappa shape index (κ2) is 9.37. The van der Waals surface area contributed by atoms with Crippen molar-refractivity contribution in [1.29, 1.82) is 0 Å². The topological polar surface area (TPSA) is 74.0 Å². The summed E-state index contributed by atoms with van der Waals surface area (Å²) in [4.78, 5) is 14.2. The maximum atomic E-state index is 13.3. The number of nitrogens with two attached hydrogens (primary N) is 1. The third kappa shape index (κ3) is 5.17. The van der Waals surface area contributed by atoms with Crippen LogP contribution >= 0.6 is 0 Å². The molecule has 0 aliphatic carbocycles. The van der Waals surface area contributed by atoms with E-state index in [0.29, 0.717) is 0 Å². The van der Waals surface area contributed by atoms with Gasteiger partial charge in [0.25, 0.3) is 0 Å². The molecule has 5 atom stereocenters. The summed E-state index contributed by atoms with van der Waals surface area (Å²) in [5.41, 5.74) is 4.40. The van der Waals surface area contributed by atoms with Crippen LogP contribution in [0.5, 0.6) is 11.5 Å². The minimum absolute atomic E-state index is 0.260. The van der Waals surface area contributed by atoms with E-state index in [1.54, 1.807) is 20.8 Å². The number of rotatable bonds is 6. The zero-order chi connectivity index (χ0) is 34.4. The Morgan fingerprint density at radius 3 is 2.74 bits per heavy atom. The summed E-state index contributed by atoms with van der Waals surface area (Å²) in [7, 11) is 2.36. The SMILES string of the molecule is [2H]c1c(OC)c(OC)c([2H])c2c1C1CC([2H])(OC(=O)[C@@H](N)C(C)(C)C)C(C([2H])([2H])C([2H])(C)C([2H])([2H])[2H])CN1C([2H])([2H])C2([2H])[2H]. The fourth-order valence-corrected chi connectivity index (χ4v) is 3.54. The average Bonchev–Trinajstić information content (AvgIpc) is 2.85. The molecule has 3 rings (SSSR count). The molecule has 1 aromatic carbocycles. The van der Waals surface area contributed by atoms with E-state index in [0.717, 1.165) is 11.8 Å². The lowest BCUT2D eigenvalue weighted by Crippen LogP contribution is -2.51. The van der Waals surface area contributed by atoms with E-state index in [1.165, 1.54) is 14.2 Å². The molecule has 6 heteroatoms. The van der Waals surface area contributed by atoms with Crippen molar-refractivity contribution >= 4 is 5.97 Å². The number of piperidine rings is 1. The number of ether oxygens (including phenoxy) is 3. The molecule has 0 bridgehead atoms. The zero-order valence-corrected chi connectivity index (χ0v) is 18.8. The molecular weight excluding hydrogens is 392 g/mol. The predicted octanol–water partition coefficient (Wildman–Crippen LogP) is 3.95. The van der Waals surface area contributed by atoms with Crippen molar-refractivity contribution in [1.82, 2.24) is 4.90 Å². The van der Waals surface area contributed by atoms with Gasteiger partial charge in [-0.25, -0.2) is 0 Å². The quantitative estimate of drug-likeness (QED) is 0.668. The van der Waals surface area contributed by atoms with Crippen LogP contribution in [-0.2, 0) is 15.9 Å². The van der Waals surface area contributed by atoms with Crippen molar-refractivity contribution in [2.24, 2.45) is 23.0 Å². The van der Waals surface area contributed by atoms with Crippen molar-refractivity contribution in [2.75, 3.05) is 27.3 Å². The van der Waals surface area contributed by atoms with Crippen LogP contribution in [0.4, 0.5) is 0 Å². The summed E-state index contributed by atoms with van der Waals surface area (Å²) in [5, 5.41) is 0. The fraction of sp³-hybridized carbons (Fsp3) is 0.720. The van der Waals surface area contributed by atoms with Gasteiger partial charge in [0.1, 0.15) is 12.1 Å². The van der Waals surface area contributed by atoms with Crippen molar-refractivity contribution in [3.63, 3.8) is 0 Å². The van der Waals surface area contributed by atoms with Gasteiger partial charge < -0.3 is 19.9 Å².